The van der Waals surface area contributed by atoms with Gasteiger partial charge in [0.2, 0.25) is 0 Å². The third-order valence-corrected chi connectivity index (χ3v) is 3.08. The van der Waals surface area contributed by atoms with Gasteiger partial charge in [0.25, 0.3) is 0 Å². The highest BCUT2D eigenvalue weighted by Gasteiger charge is 2.19. The van der Waals surface area contributed by atoms with Crippen LogP contribution in [0.15, 0.2) is 36.4 Å². The molecule has 0 atom stereocenters. The number of carbonyl (C=O) groups is 1. The summed E-state index contributed by atoms with van der Waals surface area (Å²) in [4.78, 5) is 11.4. The predicted octanol–water partition coefficient (Wildman–Crippen LogP) is 3.38. The number of aryl methyl sites for hydroxylation is 1. The van der Waals surface area contributed by atoms with E-state index < -0.39 is 5.97 Å². The van der Waals surface area contributed by atoms with Gasteiger partial charge in [-0.05, 0) is 30.7 Å². The quantitative estimate of drug-likeness (QED) is 0.927. The monoisotopic (exact) mass is 272 g/mol. The number of hydrogen-bond donors (Lipinski definition) is 1. The average Bonchev–Trinajstić information content (AvgIpc) is 2.46. The Morgan fingerprint density at radius 3 is 2.10 bits per heavy atom. The molecule has 4 nitrogen and oxygen atoms in total. The average molecular weight is 272 g/mol. The van der Waals surface area contributed by atoms with Gasteiger partial charge in [-0.15, -0.1) is 0 Å². The van der Waals surface area contributed by atoms with Gasteiger partial charge in [-0.3, -0.25) is 0 Å². The van der Waals surface area contributed by atoms with E-state index in [1.165, 1.54) is 0 Å². The second kappa shape index (κ2) is 5.65. The van der Waals surface area contributed by atoms with Gasteiger partial charge in [0.1, 0.15) is 11.5 Å². The lowest BCUT2D eigenvalue weighted by atomic mass is 9.96. The molecule has 0 unspecified atom stereocenters. The summed E-state index contributed by atoms with van der Waals surface area (Å²) in [5.41, 5.74) is 2.43. The van der Waals surface area contributed by atoms with Crippen molar-refractivity contribution in [1.29, 1.82) is 0 Å². The lowest BCUT2D eigenvalue weighted by Gasteiger charge is -2.16. The molecule has 0 fully saturated rings. The highest BCUT2D eigenvalue weighted by molar-refractivity contribution is 5.98. The normalized spacial score (nSPS) is 10.2. The summed E-state index contributed by atoms with van der Waals surface area (Å²) in [6, 6.07) is 10.5. The molecule has 0 aliphatic carbocycles. The molecule has 0 aromatic heterocycles. The van der Waals surface area contributed by atoms with Gasteiger partial charge >= 0.3 is 5.97 Å². The van der Waals surface area contributed by atoms with E-state index in [9.17, 15) is 9.90 Å². The Hall–Kier alpha value is -2.49. The summed E-state index contributed by atoms with van der Waals surface area (Å²) in [6.07, 6.45) is 0. The van der Waals surface area contributed by atoms with Crippen LogP contribution in [0.2, 0.25) is 0 Å². The summed E-state index contributed by atoms with van der Waals surface area (Å²) in [5, 5.41) is 9.33. The van der Waals surface area contributed by atoms with Crippen LogP contribution in [-0.4, -0.2) is 25.3 Å². The molecule has 2 aromatic rings. The Morgan fingerprint density at radius 1 is 1.05 bits per heavy atom. The minimum Gasteiger partial charge on any atom is -0.496 e. The van der Waals surface area contributed by atoms with Crippen LogP contribution in [0.4, 0.5) is 0 Å². The Kier molecular flexibility index (Phi) is 3.94. The fraction of sp³-hybridized carbons (Fsp3) is 0.188. The van der Waals surface area contributed by atoms with Gasteiger partial charge in [-0.1, -0.05) is 18.2 Å². The molecule has 0 aliphatic rings. The highest BCUT2D eigenvalue weighted by atomic mass is 16.5. The highest BCUT2D eigenvalue weighted by Crippen LogP contribution is 2.40. The standard InChI is InChI=1S/C16H16O4/c1-10-8-13(19-2)15(14(9-10)20-3)11-6-4-5-7-12(11)16(17)18/h4-9H,1-3H3,(H,17,18). The van der Waals surface area contributed by atoms with Gasteiger partial charge in [0.15, 0.2) is 0 Å². The molecule has 0 saturated heterocycles. The summed E-state index contributed by atoms with van der Waals surface area (Å²) < 4.78 is 10.8. The van der Waals surface area contributed by atoms with Gasteiger partial charge in [-0.25, -0.2) is 4.79 Å². The molecule has 1 N–H and O–H groups in total. The molecule has 0 amide bonds. The molecule has 0 aliphatic heterocycles. The van der Waals surface area contributed by atoms with Crippen LogP contribution in [0.25, 0.3) is 11.1 Å². The van der Waals surface area contributed by atoms with E-state index in [0.717, 1.165) is 5.56 Å². The van der Waals surface area contributed by atoms with Crippen LogP contribution in [0.5, 0.6) is 11.5 Å². The summed E-state index contributed by atoms with van der Waals surface area (Å²) >= 11 is 0. The lowest BCUT2D eigenvalue weighted by Crippen LogP contribution is -2.02. The summed E-state index contributed by atoms with van der Waals surface area (Å²) in [6.45, 7) is 1.93. The maximum absolute atomic E-state index is 11.4. The van der Waals surface area contributed by atoms with E-state index in [0.29, 0.717) is 22.6 Å². The zero-order chi connectivity index (χ0) is 14.7. The number of carboxylic acid groups (broad SMARTS) is 1. The fourth-order valence-electron chi connectivity index (χ4n) is 2.20. The Labute approximate surface area is 117 Å². The van der Waals surface area contributed by atoms with Crippen molar-refractivity contribution >= 4 is 5.97 Å². The minimum absolute atomic E-state index is 0.216. The van der Waals surface area contributed by atoms with Crippen LogP contribution in [0.1, 0.15) is 15.9 Å². The molecule has 20 heavy (non-hydrogen) atoms. The van der Waals surface area contributed by atoms with Crippen LogP contribution in [0, 0.1) is 6.92 Å². The third-order valence-electron chi connectivity index (χ3n) is 3.08. The zero-order valence-corrected chi connectivity index (χ0v) is 11.6. The zero-order valence-electron chi connectivity index (χ0n) is 11.6. The molecule has 2 rings (SSSR count). The van der Waals surface area contributed by atoms with Crippen molar-refractivity contribution in [2.75, 3.05) is 14.2 Å². The van der Waals surface area contributed by atoms with Crippen LogP contribution in [0.3, 0.4) is 0 Å². The maximum atomic E-state index is 11.4. The van der Waals surface area contributed by atoms with Crippen molar-refractivity contribution in [3.05, 3.63) is 47.5 Å². The van der Waals surface area contributed by atoms with Gasteiger partial charge in [0.05, 0.1) is 25.3 Å². The Balaban J connectivity index is 2.78. The SMILES string of the molecule is COc1cc(C)cc(OC)c1-c1ccccc1C(=O)O. The van der Waals surface area contributed by atoms with Crippen LogP contribution < -0.4 is 9.47 Å². The molecule has 0 saturated carbocycles. The van der Waals surface area contributed by atoms with Crippen molar-refractivity contribution in [3.8, 4) is 22.6 Å². The molecule has 4 heteroatoms. The van der Waals surface area contributed by atoms with Crippen molar-refractivity contribution < 1.29 is 19.4 Å². The minimum atomic E-state index is -0.981. The molecule has 104 valence electrons. The maximum Gasteiger partial charge on any atom is 0.336 e. The molecule has 0 heterocycles. The van der Waals surface area contributed by atoms with E-state index in [-0.39, 0.29) is 5.56 Å². The summed E-state index contributed by atoms with van der Waals surface area (Å²) in [5.74, 6) is 0.205. The molecule has 2 aromatic carbocycles. The third kappa shape index (κ3) is 2.45. The first-order valence-electron chi connectivity index (χ1n) is 6.13. The van der Waals surface area contributed by atoms with Crippen molar-refractivity contribution in [2.24, 2.45) is 0 Å². The topological polar surface area (TPSA) is 55.8 Å². The van der Waals surface area contributed by atoms with Crippen LogP contribution in [-0.2, 0) is 0 Å². The number of hydrogen-bond acceptors (Lipinski definition) is 3. The molecule has 0 bridgehead atoms. The van der Waals surface area contributed by atoms with Crippen molar-refractivity contribution in [2.45, 2.75) is 6.92 Å². The van der Waals surface area contributed by atoms with E-state index >= 15 is 0 Å². The number of ether oxygens (including phenoxy) is 2. The molecule has 0 spiro atoms. The first-order chi connectivity index (χ1) is 9.58. The lowest BCUT2D eigenvalue weighted by molar-refractivity contribution is 0.0697. The Morgan fingerprint density at radius 2 is 1.60 bits per heavy atom. The molecular weight excluding hydrogens is 256 g/mol. The number of methoxy groups -OCH3 is 2. The van der Waals surface area contributed by atoms with E-state index in [4.69, 9.17) is 9.47 Å². The number of benzene rings is 2. The second-order valence-electron chi connectivity index (χ2n) is 4.40. The van der Waals surface area contributed by atoms with E-state index in [1.54, 1.807) is 38.5 Å². The fourth-order valence-corrected chi connectivity index (χ4v) is 2.20. The first kappa shape index (κ1) is 13.9. The summed E-state index contributed by atoms with van der Waals surface area (Å²) in [7, 11) is 3.11. The molecular formula is C16H16O4. The van der Waals surface area contributed by atoms with Gasteiger partial charge in [0, 0.05) is 5.56 Å². The number of rotatable bonds is 4. The number of carboxylic acids is 1. The van der Waals surface area contributed by atoms with Crippen molar-refractivity contribution in [3.63, 3.8) is 0 Å². The second-order valence-corrected chi connectivity index (χ2v) is 4.40. The van der Waals surface area contributed by atoms with Gasteiger partial charge in [-0.2, -0.15) is 0 Å². The first-order valence-corrected chi connectivity index (χ1v) is 6.13. The predicted molar refractivity (Wildman–Crippen MR) is 76.7 cm³/mol. The molecule has 0 radical (unpaired) electrons. The largest absolute Gasteiger partial charge is 0.496 e. The smallest absolute Gasteiger partial charge is 0.336 e. The van der Waals surface area contributed by atoms with E-state index in [2.05, 4.69) is 0 Å². The van der Waals surface area contributed by atoms with Crippen LogP contribution >= 0.6 is 0 Å². The Bertz CT molecular complexity index is 622. The number of aromatic carboxylic acids is 1. The van der Waals surface area contributed by atoms with Gasteiger partial charge < -0.3 is 14.6 Å². The van der Waals surface area contributed by atoms with Crippen molar-refractivity contribution in [1.82, 2.24) is 0 Å². The van der Waals surface area contributed by atoms with E-state index in [1.807, 2.05) is 19.1 Å².